The minimum atomic E-state index is -1.27. The van der Waals surface area contributed by atoms with Crippen LogP contribution >= 0.6 is 0 Å². The van der Waals surface area contributed by atoms with Gasteiger partial charge in [0.2, 0.25) is 0 Å². The molecular weight excluding hydrogens is 298 g/mol. The Morgan fingerprint density at radius 1 is 1.39 bits per heavy atom. The van der Waals surface area contributed by atoms with Crippen molar-refractivity contribution in [3.05, 3.63) is 29.8 Å². The normalized spacial score (nSPS) is 19.8. The third kappa shape index (κ3) is 4.45. The molecular formula is C17H23NO5. The van der Waals surface area contributed by atoms with Crippen LogP contribution in [0.15, 0.2) is 24.3 Å². The molecule has 1 saturated heterocycles. The van der Waals surface area contributed by atoms with Crippen molar-refractivity contribution in [2.75, 3.05) is 13.2 Å². The predicted molar refractivity (Wildman–Crippen MR) is 84.7 cm³/mol. The average molecular weight is 321 g/mol. The molecule has 1 aromatic rings. The van der Waals surface area contributed by atoms with Crippen LogP contribution in [0.25, 0.3) is 0 Å². The fourth-order valence-electron chi connectivity index (χ4n) is 2.28. The fourth-order valence-corrected chi connectivity index (χ4v) is 2.28. The van der Waals surface area contributed by atoms with E-state index in [0.29, 0.717) is 24.3 Å². The van der Waals surface area contributed by atoms with Crippen LogP contribution in [-0.4, -0.2) is 41.8 Å². The molecule has 0 saturated carbocycles. The summed E-state index contributed by atoms with van der Waals surface area (Å²) >= 11 is 0. The Hall–Kier alpha value is -2.08. The molecule has 2 unspecified atom stereocenters. The Kier molecular flexibility index (Phi) is 5.60. The fraction of sp³-hybridized carbons (Fsp3) is 0.529. The molecule has 0 aromatic heterocycles. The third-order valence-corrected chi connectivity index (χ3v) is 4.14. The molecule has 1 aliphatic heterocycles. The zero-order valence-corrected chi connectivity index (χ0v) is 13.5. The van der Waals surface area contributed by atoms with Crippen LogP contribution in [0, 0.1) is 0 Å². The molecule has 1 fully saturated rings. The lowest BCUT2D eigenvalue weighted by molar-refractivity contribution is -0.143. The van der Waals surface area contributed by atoms with Crippen LogP contribution in [0.1, 0.15) is 43.5 Å². The maximum Gasteiger partial charge on any atom is 0.329 e. The smallest absolute Gasteiger partial charge is 0.329 e. The van der Waals surface area contributed by atoms with Gasteiger partial charge in [-0.15, -0.1) is 0 Å². The van der Waals surface area contributed by atoms with Crippen LogP contribution in [-0.2, 0) is 9.53 Å². The molecule has 1 aromatic carbocycles. The number of aliphatic carboxylic acids is 1. The molecule has 126 valence electrons. The van der Waals surface area contributed by atoms with Gasteiger partial charge in [-0.3, -0.25) is 4.79 Å². The predicted octanol–water partition coefficient (Wildman–Crippen LogP) is 2.23. The lowest BCUT2D eigenvalue weighted by Crippen LogP contribution is -2.51. The van der Waals surface area contributed by atoms with E-state index in [2.05, 4.69) is 5.32 Å². The van der Waals surface area contributed by atoms with Crippen molar-refractivity contribution in [3.63, 3.8) is 0 Å². The van der Waals surface area contributed by atoms with E-state index in [4.69, 9.17) is 9.47 Å². The van der Waals surface area contributed by atoms with Crippen LogP contribution in [0.5, 0.6) is 5.75 Å². The number of hydrogen-bond acceptors (Lipinski definition) is 4. The number of rotatable bonds is 7. The SMILES string of the molecule is CCC(C)(NC(=O)c1ccc(OCC2CCCO2)cc1)C(=O)O. The van der Waals surface area contributed by atoms with Crippen LogP contribution < -0.4 is 10.1 Å². The second kappa shape index (κ2) is 7.46. The third-order valence-electron chi connectivity index (χ3n) is 4.14. The van der Waals surface area contributed by atoms with E-state index in [1.54, 1.807) is 31.2 Å². The largest absolute Gasteiger partial charge is 0.491 e. The van der Waals surface area contributed by atoms with Crippen LogP contribution in [0.4, 0.5) is 0 Å². The first-order valence-corrected chi connectivity index (χ1v) is 7.85. The molecule has 1 heterocycles. The maximum atomic E-state index is 12.2. The topological polar surface area (TPSA) is 84.9 Å². The highest BCUT2D eigenvalue weighted by Gasteiger charge is 2.33. The lowest BCUT2D eigenvalue weighted by atomic mass is 9.98. The van der Waals surface area contributed by atoms with E-state index in [1.807, 2.05) is 0 Å². The summed E-state index contributed by atoms with van der Waals surface area (Å²) in [5.74, 6) is -0.805. The van der Waals surface area contributed by atoms with Gasteiger partial charge in [0.1, 0.15) is 17.9 Å². The van der Waals surface area contributed by atoms with Crippen molar-refractivity contribution in [1.29, 1.82) is 0 Å². The summed E-state index contributed by atoms with van der Waals surface area (Å²) in [6.45, 7) is 4.49. The number of amides is 1. The Labute approximate surface area is 135 Å². The molecule has 6 heteroatoms. The van der Waals surface area contributed by atoms with E-state index < -0.39 is 17.4 Å². The number of carbonyl (C=O) groups is 2. The van der Waals surface area contributed by atoms with E-state index in [1.165, 1.54) is 6.92 Å². The molecule has 6 nitrogen and oxygen atoms in total. The number of carboxylic acid groups (broad SMARTS) is 1. The van der Waals surface area contributed by atoms with Crippen molar-refractivity contribution >= 4 is 11.9 Å². The first kappa shape index (κ1) is 17.3. The summed E-state index contributed by atoms with van der Waals surface area (Å²) in [5, 5.41) is 11.8. The molecule has 2 N–H and O–H groups in total. The molecule has 2 rings (SSSR count). The van der Waals surface area contributed by atoms with Gasteiger partial charge in [0.25, 0.3) is 5.91 Å². The Morgan fingerprint density at radius 3 is 2.61 bits per heavy atom. The Bertz CT molecular complexity index is 551. The monoisotopic (exact) mass is 321 g/mol. The van der Waals surface area contributed by atoms with Gasteiger partial charge in [0.05, 0.1) is 6.10 Å². The number of benzene rings is 1. The van der Waals surface area contributed by atoms with Gasteiger partial charge in [0.15, 0.2) is 0 Å². The molecule has 0 radical (unpaired) electrons. The minimum absolute atomic E-state index is 0.138. The van der Waals surface area contributed by atoms with Crippen molar-refractivity contribution in [1.82, 2.24) is 5.32 Å². The van der Waals surface area contributed by atoms with E-state index in [-0.39, 0.29) is 6.10 Å². The van der Waals surface area contributed by atoms with Crippen molar-refractivity contribution < 1.29 is 24.2 Å². The highest BCUT2D eigenvalue weighted by atomic mass is 16.5. The minimum Gasteiger partial charge on any atom is -0.491 e. The van der Waals surface area contributed by atoms with Gasteiger partial charge in [0, 0.05) is 12.2 Å². The van der Waals surface area contributed by atoms with Crippen molar-refractivity contribution in [2.24, 2.45) is 0 Å². The quantitative estimate of drug-likeness (QED) is 0.804. The van der Waals surface area contributed by atoms with E-state index in [0.717, 1.165) is 19.4 Å². The zero-order valence-electron chi connectivity index (χ0n) is 13.5. The second-order valence-corrected chi connectivity index (χ2v) is 5.92. The van der Waals surface area contributed by atoms with Gasteiger partial charge in [-0.2, -0.15) is 0 Å². The summed E-state index contributed by atoms with van der Waals surface area (Å²) in [6, 6.07) is 6.65. The molecule has 0 aliphatic carbocycles. The van der Waals surface area contributed by atoms with Crippen LogP contribution in [0.2, 0.25) is 0 Å². The summed E-state index contributed by atoms with van der Waals surface area (Å²) in [7, 11) is 0. The highest BCUT2D eigenvalue weighted by Crippen LogP contribution is 2.17. The van der Waals surface area contributed by atoms with Gasteiger partial charge in [-0.05, 0) is 50.5 Å². The molecule has 1 aliphatic rings. The molecule has 23 heavy (non-hydrogen) atoms. The molecule has 2 atom stereocenters. The molecule has 0 bridgehead atoms. The average Bonchev–Trinajstić information content (AvgIpc) is 3.06. The zero-order chi connectivity index (χ0) is 16.9. The Balaban J connectivity index is 1.92. The second-order valence-electron chi connectivity index (χ2n) is 5.92. The first-order valence-electron chi connectivity index (χ1n) is 7.85. The van der Waals surface area contributed by atoms with Crippen molar-refractivity contribution in [3.8, 4) is 5.75 Å². The van der Waals surface area contributed by atoms with Gasteiger partial charge in [-0.1, -0.05) is 6.92 Å². The first-order chi connectivity index (χ1) is 10.9. The Morgan fingerprint density at radius 2 is 2.09 bits per heavy atom. The number of carbonyl (C=O) groups excluding carboxylic acids is 1. The van der Waals surface area contributed by atoms with Gasteiger partial charge < -0.3 is 19.9 Å². The number of carboxylic acids is 1. The van der Waals surface area contributed by atoms with E-state index >= 15 is 0 Å². The molecule has 1 amide bonds. The standard InChI is InChI=1S/C17H23NO5/c1-3-17(2,16(20)21)18-15(19)12-6-8-13(9-7-12)23-11-14-5-4-10-22-14/h6-9,14H,3-5,10-11H2,1-2H3,(H,18,19)(H,20,21). The van der Waals surface area contributed by atoms with Crippen molar-refractivity contribution in [2.45, 2.75) is 44.8 Å². The maximum absolute atomic E-state index is 12.2. The summed E-state index contributed by atoms with van der Waals surface area (Å²) in [4.78, 5) is 23.4. The van der Waals surface area contributed by atoms with Crippen LogP contribution in [0.3, 0.4) is 0 Å². The summed E-state index contributed by atoms with van der Waals surface area (Å²) in [5.41, 5.74) is -0.873. The highest BCUT2D eigenvalue weighted by molar-refractivity contribution is 5.97. The van der Waals surface area contributed by atoms with Gasteiger partial charge >= 0.3 is 5.97 Å². The van der Waals surface area contributed by atoms with E-state index in [9.17, 15) is 14.7 Å². The summed E-state index contributed by atoms with van der Waals surface area (Å²) in [6.07, 6.45) is 2.51. The number of hydrogen-bond donors (Lipinski definition) is 2. The number of ether oxygens (including phenoxy) is 2. The molecule has 0 spiro atoms. The lowest BCUT2D eigenvalue weighted by Gasteiger charge is -2.24. The number of nitrogens with one attached hydrogen (secondary N) is 1. The van der Waals surface area contributed by atoms with Gasteiger partial charge in [-0.25, -0.2) is 4.79 Å². The summed E-state index contributed by atoms with van der Waals surface area (Å²) < 4.78 is 11.1.